The fourth-order valence-corrected chi connectivity index (χ4v) is 2.01. The van der Waals surface area contributed by atoms with E-state index in [0.29, 0.717) is 0 Å². The van der Waals surface area contributed by atoms with Crippen LogP contribution in [-0.2, 0) is 5.54 Å². The number of benzene rings is 2. The molecule has 88 valence electrons. The first-order valence-electron chi connectivity index (χ1n) is 5.68. The van der Waals surface area contributed by atoms with Crippen LogP contribution in [0.25, 0.3) is 0 Å². The molecule has 0 aliphatic heterocycles. The van der Waals surface area contributed by atoms with Crippen molar-refractivity contribution in [3.63, 3.8) is 0 Å². The molecule has 17 heavy (non-hydrogen) atoms. The molecule has 0 unspecified atom stereocenters. The number of nitrogens with one attached hydrogen (secondary N) is 1. The quantitative estimate of drug-likeness (QED) is 0.828. The van der Waals surface area contributed by atoms with E-state index in [-0.39, 0.29) is 5.54 Å². The van der Waals surface area contributed by atoms with Crippen LogP contribution in [0.1, 0.15) is 19.4 Å². The highest BCUT2D eigenvalue weighted by Gasteiger charge is 2.20. The molecule has 0 radical (unpaired) electrons. The van der Waals surface area contributed by atoms with Crippen LogP contribution in [0.15, 0.2) is 54.6 Å². The average molecular weight is 246 g/mol. The van der Waals surface area contributed by atoms with Crippen LogP contribution in [0, 0.1) is 0 Å². The molecule has 2 aromatic rings. The second-order valence-corrected chi connectivity index (χ2v) is 5.00. The zero-order valence-electron chi connectivity index (χ0n) is 10.1. The summed E-state index contributed by atoms with van der Waals surface area (Å²) in [6, 6.07) is 18.1. The van der Waals surface area contributed by atoms with Gasteiger partial charge >= 0.3 is 0 Å². The number of para-hydroxylation sites is 1. The summed E-state index contributed by atoms with van der Waals surface area (Å²) in [4.78, 5) is 0. The zero-order valence-corrected chi connectivity index (χ0v) is 10.8. The van der Waals surface area contributed by atoms with E-state index in [4.69, 9.17) is 11.6 Å². The highest BCUT2D eigenvalue weighted by atomic mass is 35.5. The minimum atomic E-state index is -0.147. The van der Waals surface area contributed by atoms with E-state index < -0.39 is 0 Å². The summed E-state index contributed by atoms with van der Waals surface area (Å²) in [6.07, 6.45) is 0. The molecule has 0 saturated heterocycles. The maximum Gasteiger partial charge on any atom is 0.0637 e. The van der Waals surface area contributed by atoms with Gasteiger partial charge in [0.1, 0.15) is 0 Å². The topological polar surface area (TPSA) is 12.0 Å². The molecular formula is C15H16ClN. The smallest absolute Gasteiger partial charge is 0.0637 e. The van der Waals surface area contributed by atoms with E-state index in [1.54, 1.807) is 0 Å². The summed E-state index contributed by atoms with van der Waals surface area (Å²) in [5.41, 5.74) is 2.05. The Bertz CT molecular complexity index is 491. The molecule has 0 amide bonds. The normalized spacial score (nSPS) is 11.2. The molecule has 0 heterocycles. The first-order chi connectivity index (χ1) is 8.09. The number of rotatable bonds is 3. The van der Waals surface area contributed by atoms with Gasteiger partial charge in [0, 0.05) is 0 Å². The molecule has 0 fully saturated rings. The third-order valence-electron chi connectivity index (χ3n) is 2.82. The van der Waals surface area contributed by atoms with Crippen LogP contribution < -0.4 is 5.32 Å². The third-order valence-corrected chi connectivity index (χ3v) is 3.15. The molecular weight excluding hydrogens is 230 g/mol. The number of hydrogen-bond donors (Lipinski definition) is 1. The largest absolute Gasteiger partial charge is 0.375 e. The molecule has 0 aromatic heterocycles. The standard InChI is InChI=1S/C15H16ClN/c1-15(2,12-8-4-3-5-9-12)17-14-11-7-6-10-13(14)16/h3-11,17H,1-2H3. The summed E-state index contributed by atoms with van der Waals surface area (Å²) >= 11 is 6.16. The van der Waals surface area contributed by atoms with Gasteiger partial charge < -0.3 is 5.32 Å². The minimum absolute atomic E-state index is 0.147. The third kappa shape index (κ3) is 2.80. The van der Waals surface area contributed by atoms with E-state index in [0.717, 1.165) is 10.7 Å². The van der Waals surface area contributed by atoms with Crippen molar-refractivity contribution in [3.8, 4) is 0 Å². The Balaban J connectivity index is 2.27. The van der Waals surface area contributed by atoms with Gasteiger partial charge in [-0.05, 0) is 31.5 Å². The van der Waals surface area contributed by atoms with Crippen molar-refractivity contribution < 1.29 is 0 Å². The van der Waals surface area contributed by atoms with Gasteiger partial charge in [-0.25, -0.2) is 0 Å². The lowest BCUT2D eigenvalue weighted by Crippen LogP contribution is -2.27. The monoisotopic (exact) mass is 245 g/mol. The molecule has 0 saturated carbocycles. The van der Waals surface area contributed by atoms with Crippen molar-refractivity contribution in [2.75, 3.05) is 5.32 Å². The molecule has 0 spiro atoms. The highest BCUT2D eigenvalue weighted by molar-refractivity contribution is 6.33. The van der Waals surface area contributed by atoms with E-state index in [2.05, 4.69) is 31.3 Å². The summed E-state index contributed by atoms with van der Waals surface area (Å²) < 4.78 is 0. The van der Waals surface area contributed by atoms with Gasteiger partial charge in [-0.3, -0.25) is 0 Å². The summed E-state index contributed by atoms with van der Waals surface area (Å²) in [6.45, 7) is 4.29. The first-order valence-corrected chi connectivity index (χ1v) is 6.05. The fraction of sp³-hybridized carbons (Fsp3) is 0.200. The summed E-state index contributed by atoms with van der Waals surface area (Å²) in [5.74, 6) is 0. The Morgan fingerprint density at radius 1 is 0.882 bits per heavy atom. The van der Waals surface area contributed by atoms with Crippen molar-refractivity contribution in [3.05, 3.63) is 65.2 Å². The molecule has 2 heteroatoms. The van der Waals surface area contributed by atoms with Gasteiger partial charge in [0.25, 0.3) is 0 Å². The minimum Gasteiger partial charge on any atom is -0.375 e. The van der Waals surface area contributed by atoms with Crippen molar-refractivity contribution in [1.29, 1.82) is 0 Å². The lowest BCUT2D eigenvalue weighted by Gasteiger charge is -2.28. The Labute approximate surface area is 107 Å². The van der Waals surface area contributed by atoms with Gasteiger partial charge in [-0.2, -0.15) is 0 Å². The lowest BCUT2D eigenvalue weighted by molar-refractivity contribution is 0.609. The maximum absolute atomic E-state index is 6.16. The van der Waals surface area contributed by atoms with Gasteiger partial charge in [0.15, 0.2) is 0 Å². The van der Waals surface area contributed by atoms with Crippen LogP contribution in [0.3, 0.4) is 0 Å². The van der Waals surface area contributed by atoms with Crippen molar-refractivity contribution in [1.82, 2.24) is 0 Å². The number of anilines is 1. The van der Waals surface area contributed by atoms with E-state index in [1.807, 2.05) is 42.5 Å². The molecule has 0 aliphatic rings. The molecule has 1 N–H and O–H groups in total. The van der Waals surface area contributed by atoms with Crippen LogP contribution in [0.5, 0.6) is 0 Å². The van der Waals surface area contributed by atoms with Gasteiger partial charge in [-0.15, -0.1) is 0 Å². The van der Waals surface area contributed by atoms with Crippen LogP contribution >= 0.6 is 11.6 Å². The van der Waals surface area contributed by atoms with Gasteiger partial charge in [0.2, 0.25) is 0 Å². The van der Waals surface area contributed by atoms with E-state index >= 15 is 0 Å². The Morgan fingerprint density at radius 3 is 2.12 bits per heavy atom. The second kappa shape index (κ2) is 4.80. The first kappa shape index (κ1) is 12.0. The maximum atomic E-state index is 6.16. The SMILES string of the molecule is CC(C)(Nc1ccccc1Cl)c1ccccc1. The molecule has 2 rings (SSSR count). The average Bonchev–Trinajstić information content (AvgIpc) is 2.33. The van der Waals surface area contributed by atoms with Crippen LogP contribution in [-0.4, -0.2) is 0 Å². The van der Waals surface area contributed by atoms with Gasteiger partial charge in [-0.1, -0.05) is 54.1 Å². The zero-order chi connectivity index (χ0) is 12.3. The molecule has 0 atom stereocenters. The predicted octanol–water partition coefficient (Wildman–Crippen LogP) is 4.69. The number of hydrogen-bond acceptors (Lipinski definition) is 1. The predicted molar refractivity (Wildman–Crippen MR) is 74.5 cm³/mol. The summed E-state index contributed by atoms with van der Waals surface area (Å²) in [5, 5.41) is 4.22. The Morgan fingerprint density at radius 2 is 1.47 bits per heavy atom. The lowest BCUT2D eigenvalue weighted by atomic mass is 9.94. The Hall–Kier alpha value is -1.47. The summed E-state index contributed by atoms with van der Waals surface area (Å²) in [7, 11) is 0. The van der Waals surface area contributed by atoms with Crippen molar-refractivity contribution >= 4 is 17.3 Å². The van der Waals surface area contributed by atoms with Crippen LogP contribution in [0.2, 0.25) is 5.02 Å². The molecule has 0 aliphatic carbocycles. The molecule has 2 aromatic carbocycles. The highest BCUT2D eigenvalue weighted by Crippen LogP contribution is 2.29. The Kier molecular flexibility index (Phi) is 3.39. The molecule has 0 bridgehead atoms. The van der Waals surface area contributed by atoms with Crippen LogP contribution in [0.4, 0.5) is 5.69 Å². The second-order valence-electron chi connectivity index (χ2n) is 4.60. The van der Waals surface area contributed by atoms with E-state index in [1.165, 1.54) is 5.56 Å². The van der Waals surface area contributed by atoms with Gasteiger partial charge in [0.05, 0.1) is 16.2 Å². The van der Waals surface area contributed by atoms with Crippen molar-refractivity contribution in [2.24, 2.45) is 0 Å². The van der Waals surface area contributed by atoms with Crippen molar-refractivity contribution in [2.45, 2.75) is 19.4 Å². The van der Waals surface area contributed by atoms with E-state index in [9.17, 15) is 0 Å². The fourth-order valence-electron chi connectivity index (χ4n) is 1.83. The molecule has 1 nitrogen and oxygen atoms in total. The number of halogens is 1.